The van der Waals surface area contributed by atoms with Crippen molar-refractivity contribution in [1.82, 2.24) is 0 Å². The van der Waals surface area contributed by atoms with E-state index < -0.39 is 11.4 Å². The van der Waals surface area contributed by atoms with Crippen molar-refractivity contribution in [2.75, 3.05) is 18.5 Å². The molecule has 2 aromatic rings. The number of halogens is 1. The van der Waals surface area contributed by atoms with Crippen LogP contribution >= 0.6 is 11.6 Å². The number of amides is 1. The number of carbonyl (C=O) groups is 2. The second kappa shape index (κ2) is 10.9. The maximum absolute atomic E-state index is 13.6. The van der Waals surface area contributed by atoms with Gasteiger partial charge in [-0.1, -0.05) is 56.8 Å². The topological polar surface area (TPSA) is 64.6 Å². The van der Waals surface area contributed by atoms with Crippen LogP contribution in [0.4, 0.5) is 5.69 Å². The van der Waals surface area contributed by atoms with Gasteiger partial charge in [0.05, 0.1) is 18.6 Å². The molecule has 1 aliphatic rings. The summed E-state index contributed by atoms with van der Waals surface area (Å²) in [5.74, 6) is 0.243. The lowest BCUT2D eigenvalue weighted by Crippen LogP contribution is -2.42. The summed E-state index contributed by atoms with van der Waals surface area (Å²) in [6.45, 7) is 6.59. The van der Waals surface area contributed by atoms with Crippen LogP contribution in [0.15, 0.2) is 42.5 Å². The Morgan fingerprint density at radius 3 is 2.38 bits per heavy atom. The number of esters is 1. The van der Waals surface area contributed by atoms with Crippen molar-refractivity contribution >= 4 is 29.2 Å². The molecule has 2 aromatic carbocycles. The molecule has 1 aliphatic carbocycles. The third-order valence-corrected chi connectivity index (χ3v) is 6.10. The minimum Gasteiger partial charge on any atom is -0.492 e. The number of anilines is 1. The van der Waals surface area contributed by atoms with Crippen LogP contribution in [-0.2, 0) is 14.9 Å². The Morgan fingerprint density at radius 1 is 1.06 bits per heavy atom. The molecular weight excluding hydrogens is 426 g/mol. The first-order valence-electron chi connectivity index (χ1n) is 11.4. The maximum atomic E-state index is 13.6. The minimum atomic E-state index is -0.611. The molecule has 0 bridgehead atoms. The molecule has 6 heteroatoms. The van der Waals surface area contributed by atoms with E-state index in [4.69, 9.17) is 21.1 Å². The molecule has 0 aromatic heterocycles. The molecule has 32 heavy (non-hydrogen) atoms. The molecule has 0 aliphatic heterocycles. The molecule has 1 N–H and O–H groups in total. The summed E-state index contributed by atoms with van der Waals surface area (Å²) in [6.07, 6.45) is 4.66. The number of benzene rings is 2. The molecular formula is C26H32ClNO4. The fraction of sp³-hybridized carbons (Fsp3) is 0.462. The van der Waals surface area contributed by atoms with Gasteiger partial charge in [-0.25, -0.2) is 4.79 Å². The standard InChI is InChI=1S/C26H32ClNO4/c1-4-31-24(29)22-16-21(12-13-23(22)32-17-18(2)3)28-25(30)26(14-6-5-7-15-26)19-8-10-20(27)11-9-19/h8-13,16,18H,4-7,14-15,17H2,1-3H3,(H,28,30). The maximum Gasteiger partial charge on any atom is 0.341 e. The highest BCUT2D eigenvalue weighted by Crippen LogP contribution is 2.41. The van der Waals surface area contributed by atoms with Gasteiger partial charge in [0.25, 0.3) is 0 Å². The Morgan fingerprint density at radius 2 is 1.75 bits per heavy atom. The van der Waals surface area contributed by atoms with E-state index in [1.807, 2.05) is 38.1 Å². The molecule has 0 radical (unpaired) electrons. The van der Waals surface area contributed by atoms with Crippen LogP contribution in [0, 0.1) is 5.92 Å². The Kier molecular flexibility index (Phi) is 8.19. The summed E-state index contributed by atoms with van der Waals surface area (Å²) >= 11 is 6.08. The van der Waals surface area contributed by atoms with Gasteiger partial charge < -0.3 is 14.8 Å². The lowest BCUT2D eigenvalue weighted by atomic mass is 9.68. The van der Waals surface area contributed by atoms with Crippen molar-refractivity contribution < 1.29 is 19.1 Å². The lowest BCUT2D eigenvalue weighted by Gasteiger charge is -2.36. The van der Waals surface area contributed by atoms with Gasteiger partial charge in [0, 0.05) is 10.7 Å². The summed E-state index contributed by atoms with van der Waals surface area (Å²) in [6, 6.07) is 12.7. The predicted octanol–water partition coefficient (Wildman–Crippen LogP) is 6.39. The highest BCUT2D eigenvalue weighted by molar-refractivity contribution is 6.30. The molecule has 0 atom stereocenters. The largest absolute Gasteiger partial charge is 0.492 e. The summed E-state index contributed by atoms with van der Waals surface area (Å²) in [5, 5.41) is 3.71. The second-order valence-electron chi connectivity index (χ2n) is 8.74. The van der Waals surface area contributed by atoms with Crippen LogP contribution < -0.4 is 10.1 Å². The highest BCUT2D eigenvalue weighted by Gasteiger charge is 2.41. The van der Waals surface area contributed by atoms with Gasteiger partial charge in [-0.3, -0.25) is 4.79 Å². The fourth-order valence-corrected chi connectivity index (χ4v) is 4.31. The van der Waals surface area contributed by atoms with E-state index in [1.54, 1.807) is 25.1 Å². The quantitative estimate of drug-likeness (QED) is 0.466. The van der Waals surface area contributed by atoms with Gasteiger partial charge in [-0.05, 0) is 61.6 Å². The molecule has 1 amide bonds. The van der Waals surface area contributed by atoms with Crippen LogP contribution in [0.1, 0.15) is 68.8 Å². The SMILES string of the molecule is CCOC(=O)c1cc(NC(=O)C2(c3ccc(Cl)cc3)CCCCC2)ccc1OCC(C)C. The summed E-state index contributed by atoms with van der Waals surface area (Å²) in [4.78, 5) is 26.1. The van der Waals surface area contributed by atoms with E-state index in [0.717, 1.165) is 37.7 Å². The Labute approximate surface area is 195 Å². The molecule has 0 spiro atoms. The zero-order chi connectivity index (χ0) is 23.1. The lowest BCUT2D eigenvalue weighted by molar-refractivity contribution is -0.122. The zero-order valence-electron chi connectivity index (χ0n) is 19.1. The van der Waals surface area contributed by atoms with Gasteiger partial charge in [-0.2, -0.15) is 0 Å². The van der Waals surface area contributed by atoms with E-state index >= 15 is 0 Å². The number of rotatable bonds is 8. The zero-order valence-corrected chi connectivity index (χ0v) is 19.8. The Bertz CT molecular complexity index is 933. The number of hydrogen-bond donors (Lipinski definition) is 1. The average molecular weight is 458 g/mol. The van der Waals surface area contributed by atoms with E-state index in [9.17, 15) is 9.59 Å². The Balaban J connectivity index is 1.89. The summed E-state index contributed by atoms with van der Waals surface area (Å²) < 4.78 is 11.0. The van der Waals surface area contributed by atoms with Crippen molar-refractivity contribution in [3.63, 3.8) is 0 Å². The van der Waals surface area contributed by atoms with Crippen molar-refractivity contribution in [3.8, 4) is 5.75 Å². The smallest absolute Gasteiger partial charge is 0.341 e. The minimum absolute atomic E-state index is 0.0646. The highest BCUT2D eigenvalue weighted by atomic mass is 35.5. The number of ether oxygens (including phenoxy) is 2. The Hall–Kier alpha value is -2.53. The predicted molar refractivity (Wildman–Crippen MR) is 128 cm³/mol. The van der Waals surface area contributed by atoms with Gasteiger partial charge in [-0.15, -0.1) is 0 Å². The molecule has 0 unspecified atom stereocenters. The number of nitrogens with one attached hydrogen (secondary N) is 1. The molecule has 3 rings (SSSR count). The first-order chi connectivity index (χ1) is 15.4. The fourth-order valence-electron chi connectivity index (χ4n) is 4.18. The van der Waals surface area contributed by atoms with Gasteiger partial charge in [0.1, 0.15) is 11.3 Å². The summed E-state index contributed by atoms with van der Waals surface area (Å²) in [7, 11) is 0. The van der Waals surface area contributed by atoms with Crippen molar-refractivity contribution in [2.45, 2.75) is 58.3 Å². The normalized spacial score (nSPS) is 15.3. The van der Waals surface area contributed by atoms with Gasteiger partial charge in [0.2, 0.25) is 5.91 Å². The summed E-state index contributed by atoms with van der Waals surface area (Å²) in [5.41, 5.74) is 1.23. The van der Waals surface area contributed by atoms with Gasteiger partial charge in [0.15, 0.2) is 0 Å². The van der Waals surface area contributed by atoms with Crippen molar-refractivity contribution in [1.29, 1.82) is 0 Å². The first kappa shape index (κ1) is 24.1. The number of carbonyl (C=O) groups excluding carboxylic acids is 2. The third-order valence-electron chi connectivity index (χ3n) is 5.84. The van der Waals surface area contributed by atoms with Crippen LogP contribution in [0.25, 0.3) is 0 Å². The monoisotopic (exact) mass is 457 g/mol. The molecule has 0 saturated heterocycles. The van der Waals surface area contributed by atoms with Crippen molar-refractivity contribution in [2.24, 2.45) is 5.92 Å². The van der Waals surface area contributed by atoms with E-state index in [1.165, 1.54) is 0 Å². The van der Waals surface area contributed by atoms with E-state index in [0.29, 0.717) is 34.5 Å². The molecule has 0 heterocycles. The number of hydrogen-bond acceptors (Lipinski definition) is 4. The van der Waals surface area contributed by atoms with Crippen LogP contribution in [0.3, 0.4) is 0 Å². The first-order valence-corrected chi connectivity index (χ1v) is 11.7. The van der Waals surface area contributed by atoms with Crippen LogP contribution in [0.5, 0.6) is 5.75 Å². The second-order valence-corrected chi connectivity index (χ2v) is 9.18. The molecule has 1 saturated carbocycles. The molecule has 1 fully saturated rings. The van der Waals surface area contributed by atoms with Crippen LogP contribution in [-0.4, -0.2) is 25.1 Å². The van der Waals surface area contributed by atoms with E-state index in [-0.39, 0.29) is 12.5 Å². The molecule has 5 nitrogen and oxygen atoms in total. The third kappa shape index (κ3) is 5.63. The van der Waals surface area contributed by atoms with E-state index in [2.05, 4.69) is 5.32 Å². The van der Waals surface area contributed by atoms with Crippen LogP contribution in [0.2, 0.25) is 5.02 Å². The average Bonchev–Trinajstić information content (AvgIpc) is 2.79. The molecule has 172 valence electrons. The van der Waals surface area contributed by atoms with Gasteiger partial charge >= 0.3 is 5.97 Å². The van der Waals surface area contributed by atoms with Crippen molar-refractivity contribution in [3.05, 3.63) is 58.6 Å².